The van der Waals surface area contributed by atoms with Crippen molar-refractivity contribution in [1.82, 2.24) is 4.90 Å². The summed E-state index contributed by atoms with van der Waals surface area (Å²) in [5.41, 5.74) is 5.14. The molecular formula is C15H17F3N2O3. The first kappa shape index (κ1) is 17.3. The second-order valence-corrected chi connectivity index (χ2v) is 5.31. The number of carbonyl (C=O) groups is 2. The number of nitrogens with zero attached hydrogens (tertiary/aromatic N) is 1. The summed E-state index contributed by atoms with van der Waals surface area (Å²) in [5, 5.41) is 0. The van der Waals surface area contributed by atoms with Gasteiger partial charge in [0.15, 0.2) is 6.10 Å². The molecule has 8 heteroatoms. The van der Waals surface area contributed by atoms with E-state index in [1.165, 1.54) is 29.2 Å². The molecule has 1 aromatic carbocycles. The summed E-state index contributed by atoms with van der Waals surface area (Å²) in [6, 6.07) is 7.29. The van der Waals surface area contributed by atoms with Crippen LogP contribution < -0.4 is 5.73 Å². The molecule has 1 aliphatic rings. The minimum absolute atomic E-state index is 0.0352. The van der Waals surface area contributed by atoms with Gasteiger partial charge in [-0.25, -0.2) is 0 Å². The Kier molecular flexibility index (Phi) is 5.25. The van der Waals surface area contributed by atoms with Gasteiger partial charge in [-0.15, -0.1) is 0 Å². The average molecular weight is 330 g/mol. The van der Waals surface area contributed by atoms with Gasteiger partial charge in [0.05, 0.1) is 19.1 Å². The number of morpholine rings is 1. The minimum Gasteiger partial charge on any atom is -0.367 e. The number of ether oxygens (including phenoxy) is 1. The fourth-order valence-electron chi connectivity index (χ4n) is 2.46. The van der Waals surface area contributed by atoms with Crippen molar-refractivity contribution in [3.05, 3.63) is 35.9 Å². The van der Waals surface area contributed by atoms with Crippen LogP contribution in [-0.2, 0) is 14.3 Å². The van der Waals surface area contributed by atoms with Gasteiger partial charge in [0.1, 0.15) is 0 Å². The van der Waals surface area contributed by atoms with Gasteiger partial charge in [0.2, 0.25) is 11.8 Å². The highest BCUT2D eigenvalue weighted by atomic mass is 19.4. The fourth-order valence-corrected chi connectivity index (χ4v) is 2.46. The Morgan fingerprint density at radius 1 is 1.30 bits per heavy atom. The Morgan fingerprint density at radius 2 is 1.96 bits per heavy atom. The number of rotatable bonds is 4. The van der Waals surface area contributed by atoms with Gasteiger partial charge in [0.25, 0.3) is 0 Å². The molecule has 0 bridgehead atoms. The molecule has 2 rings (SSSR count). The fraction of sp³-hybridized carbons (Fsp3) is 0.467. The number of amides is 2. The number of halogens is 3. The molecular weight excluding hydrogens is 313 g/mol. The van der Waals surface area contributed by atoms with Gasteiger partial charge < -0.3 is 15.4 Å². The Labute approximate surface area is 131 Å². The lowest BCUT2D eigenvalue weighted by molar-refractivity contribution is -0.164. The number of hydrogen-bond acceptors (Lipinski definition) is 3. The monoisotopic (exact) mass is 330 g/mol. The number of nitrogens with two attached hydrogens (primary N) is 1. The van der Waals surface area contributed by atoms with Gasteiger partial charge in [-0.2, -0.15) is 13.2 Å². The molecule has 0 aliphatic carbocycles. The predicted octanol–water partition coefficient (Wildman–Crippen LogP) is 1.44. The standard InChI is InChI=1S/C15H17F3N2O3/c16-15(17,18)11(10-4-2-1-3-5-10)8-13(21)20-6-7-23-12(9-20)14(19)22/h1-5,11-12H,6-9H2,(H2,19,22)/t11-,12+/m1/s1. The van der Waals surface area contributed by atoms with Gasteiger partial charge in [-0.3, -0.25) is 9.59 Å². The maximum atomic E-state index is 13.3. The maximum absolute atomic E-state index is 13.3. The summed E-state index contributed by atoms with van der Waals surface area (Å²) in [6.07, 6.45) is -6.22. The third-order valence-electron chi connectivity index (χ3n) is 3.71. The van der Waals surface area contributed by atoms with E-state index in [0.29, 0.717) is 0 Å². The van der Waals surface area contributed by atoms with E-state index in [9.17, 15) is 22.8 Å². The highest BCUT2D eigenvalue weighted by Crippen LogP contribution is 2.37. The Hall–Kier alpha value is -2.09. The molecule has 0 aromatic heterocycles. The molecule has 2 amide bonds. The first-order valence-corrected chi connectivity index (χ1v) is 7.09. The zero-order chi connectivity index (χ0) is 17.0. The van der Waals surface area contributed by atoms with Crippen LogP contribution in [0.15, 0.2) is 30.3 Å². The van der Waals surface area contributed by atoms with Crippen LogP contribution in [0.1, 0.15) is 17.9 Å². The predicted molar refractivity (Wildman–Crippen MR) is 75.4 cm³/mol. The van der Waals surface area contributed by atoms with E-state index in [2.05, 4.69) is 0 Å². The SMILES string of the molecule is NC(=O)[C@@H]1CN(C(=O)C[C@H](c2ccccc2)C(F)(F)F)CCO1. The molecule has 1 saturated heterocycles. The van der Waals surface area contributed by atoms with Crippen molar-refractivity contribution in [2.24, 2.45) is 5.73 Å². The zero-order valence-corrected chi connectivity index (χ0v) is 12.3. The zero-order valence-electron chi connectivity index (χ0n) is 12.3. The van der Waals surface area contributed by atoms with Gasteiger partial charge in [-0.1, -0.05) is 30.3 Å². The van der Waals surface area contributed by atoms with Gasteiger partial charge in [-0.05, 0) is 5.56 Å². The molecule has 23 heavy (non-hydrogen) atoms. The molecule has 0 radical (unpaired) electrons. The van der Waals surface area contributed by atoms with Crippen LogP contribution in [-0.4, -0.2) is 48.7 Å². The third-order valence-corrected chi connectivity index (χ3v) is 3.71. The van der Waals surface area contributed by atoms with Crippen molar-refractivity contribution in [2.75, 3.05) is 19.7 Å². The number of hydrogen-bond donors (Lipinski definition) is 1. The van der Waals surface area contributed by atoms with Gasteiger partial charge >= 0.3 is 6.18 Å². The normalized spacial score (nSPS) is 20.1. The van der Waals surface area contributed by atoms with Crippen LogP contribution in [0.25, 0.3) is 0 Å². The number of carbonyl (C=O) groups excluding carboxylic acids is 2. The molecule has 126 valence electrons. The summed E-state index contributed by atoms with van der Waals surface area (Å²) >= 11 is 0. The molecule has 1 fully saturated rings. The maximum Gasteiger partial charge on any atom is 0.396 e. The van der Waals surface area contributed by atoms with Crippen LogP contribution in [0.3, 0.4) is 0 Å². The molecule has 5 nitrogen and oxygen atoms in total. The van der Waals surface area contributed by atoms with Crippen molar-refractivity contribution in [3.63, 3.8) is 0 Å². The van der Waals surface area contributed by atoms with Crippen molar-refractivity contribution >= 4 is 11.8 Å². The number of alkyl halides is 3. The first-order valence-electron chi connectivity index (χ1n) is 7.09. The third kappa shape index (κ3) is 4.44. The summed E-state index contributed by atoms with van der Waals surface area (Å²) in [6.45, 7) is 0.0941. The highest BCUT2D eigenvalue weighted by molar-refractivity contribution is 5.82. The van der Waals surface area contributed by atoms with Gasteiger partial charge in [0, 0.05) is 13.0 Å². The molecule has 1 aliphatic heterocycles. The van der Waals surface area contributed by atoms with Crippen molar-refractivity contribution in [2.45, 2.75) is 24.6 Å². The summed E-state index contributed by atoms with van der Waals surface area (Å²) in [4.78, 5) is 24.5. The summed E-state index contributed by atoms with van der Waals surface area (Å²) in [5.74, 6) is -3.30. The molecule has 0 unspecified atom stereocenters. The molecule has 2 atom stereocenters. The minimum atomic E-state index is -4.54. The van der Waals surface area contributed by atoms with E-state index >= 15 is 0 Å². The number of primary amides is 1. The lowest BCUT2D eigenvalue weighted by Gasteiger charge is -2.32. The molecule has 0 saturated carbocycles. The van der Waals surface area contributed by atoms with E-state index in [-0.39, 0.29) is 25.3 Å². The van der Waals surface area contributed by atoms with Crippen molar-refractivity contribution < 1.29 is 27.5 Å². The number of benzene rings is 1. The lowest BCUT2D eigenvalue weighted by atomic mass is 9.94. The molecule has 0 spiro atoms. The van der Waals surface area contributed by atoms with Crippen LogP contribution >= 0.6 is 0 Å². The topological polar surface area (TPSA) is 72.6 Å². The highest BCUT2D eigenvalue weighted by Gasteiger charge is 2.43. The second-order valence-electron chi connectivity index (χ2n) is 5.31. The first-order chi connectivity index (χ1) is 10.8. The quantitative estimate of drug-likeness (QED) is 0.908. The molecule has 1 heterocycles. The van der Waals surface area contributed by atoms with E-state index in [0.717, 1.165) is 0 Å². The van der Waals surface area contributed by atoms with E-state index in [1.54, 1.807) is 6.07 Å². The van der Waals surface area contributed by atoms with E-state index in [4.69, 9.17) is 10.5 Å². The van der Waals surface area contributed by atoms with Crippen LogP contribution in [0.4, 0.5) is 13.2 Å². The Balaban J connectivity index is 2.10. The second kappa shape index (κ2) is 6.99. The Bertz CT molecular complexity index is 563. The van der Waals surface area contributed by atoms with E-state index < -0.39 is 36.4 Å². The van der Waals surface area contributed by atoms with Crippen molar-refractivity contribution in [1.29, 1.82) is 0 Å². The summed E-state index contributed by atoms with van der Waals surface area (Å²) in [7, 11) is 0. The Morgan fingerprint density at radius 3 is 2.52 bits per heavy atom. The lowest BCUT2D eigenvalue weighted by Crippen LogP contribution is -2.50. The largest absolute Gasteiger partial charge is 0.396 e. The molecule has 2 N–H and O–H groups in total. The average Bonchev–Trinajstić information content (AvgIpc) is 2.52. The van der Waals surface area contributed by atoms with Crippen LogP contribution in [0, 0.1) is 0 Å². The van der Waals surface area contributed by atoms with Crippen molar-refractivity contribution in [3.8, 4) is 0 Å². The van der Waals surface area contributed by atoms with Crippen LogP contribution in [0.2, 0.25) is 0 Å². The van der Waals surface area contributed by atoms with E-state index in [1.807, 2.05) is 0 Å². The smallest absolute Gasteiger partial charge is 0.367 e. The van der Waals surface area contributed by atoms with Crippen LogP contribution in [0.5, 0.6) is 0 Å². The summed E-state index contributed by atoms with van der Waals surface area (Å²) < 4.78 is 44.9. The molecule has 1 aromatic rings.